The molecule has 0 amide bonds. The summed E-state index contributed by atoms with van der Waals surface area (Å²) < 4.78 is 5.17. The molecule has 98 valence electrons. The van der Waals surface area contributed by atoms with Crippen LogP contribution in [0.15, 0.2) is 18.2 Å². The second-order valence-corrected chi connectivity index (χ2v) is 4.27. The number of benzene rings is 1. The van der Waals surface area contributed by atoms with Crippen LogP contribution in [0.25, 0.3) is 0 Å². The maximum Gasteiger partial charge on any atom is 0.316 e. The Kier molecular flexibility index (Phi) is 3.63. The molecule has 0 aromatic heterocycles. The van der Waals surface area contributed by atoms with E-state index in [0.29, 0.717) is 11.4 Å². The van der Waals surface area contributed by atoms with Gasteiger partial charge in [0.15, 0.2) is 0 Å². The molecule has 1 aromatic carbocycles. The van der Waals surface area contributed by atoms with Crippen molar-refractivity contribution in [2.45, 2.75) is 25.0 Å². The fraction of sp³-hybridized carbons (Fsp3) is 0.455. The number of ether oxygens (including phenoxy) is 1. The van der Waals surface area contributed by atoms with E-state index < -0.39 is 4.92 Å². The van der Waals surface area contributed by atoms with Gasteiger partial charge in [0.25, 0.3) is 0 Å². The smallest absolute Gasteiger partial charge is 0.316 e. The number of rotatable bonds is 5. The first-order chi connectivity index (χ1) is 8.65. The molecule has 1 aromatic rings. The summed E-state index contributed by atoms with van der Waals surface area (Å²) in [7, 11) is 1.67. The normalized spacial score (nSPS) is 22.1. The molecule has 0 atom stereocenters. The summed E-state index contributed by atoms with van der Waals surface area (Å²) in [5.41, 5.74) is 3.09. The molecule has 2 rings (SSSR count). The molecule has 7 heteroatoms. The zero-order chi connectivity index (χ0) is 13.1. The highest BCUT2D eigenvalue weighted by Gasteiger charge is 2.31. The second kappa shape index (κ2) is 5.19. The van der Waals surface area contributed by atoms with Crippen molar-refractivity contribution in [3.63, 3.8) is 0 Å². The van der Waals surface area contributed by atoms with Crippen molar-refractivity contribution in [1.29, 1.82) is 0 Å². The largest absolute Gasteiger partial charge is 0.381 e. The third-order valence-electron chi connectivity index (χ3n) is 3.16. The molecule has 0 bridgehead atoms. The summed E-state index contributed by atoms with van der Waals surface area (Å²) in [6.07, 6.45) is 1.96. The molecule has 1 saturated carbocycles. The van der Waals surface area contributed by atoms with Gasteiger partial charge in [0.05, 0.1) is 11.0 Å². The highest BCUT2D eigenvalue weighted by Crippen LogP contribution is 2.35. The Balaban J connectivity index is 2.15. The van der Waals surface area contributed by atoms with Crippen molar-refractivity contribution in [3.05, 3.63) is 28.3 Å². The molecule has 1 aliphatic carbocycles. The first kappa shape index (κ1) is 12.6. The van der Waals surface area contributed by atoms with E-state index >= 15 is 0 Å². The molecule has 0 spiro atoms. The highest BCUT2D eigenvalue weighted by molar-refractivity contribution is 5.76. The molecule has 4 N–H and O–H groups in total. The van der Waals surface area contributed by atoms with Crippen LogP contribution in [-0.4, -0.2) is 24.2 Å². The van der Waals surface area contributed by atoms with Gasteiger partial charge in [-0.05, 0) is 25.0 Å². The fourth-order valence-electron chi connectivity index (χ4n) is 2.07. The predicted molar refractivity (Wildman–Crippen MR) is 68.3 cm³/mol. The van der Waals surface area contributed by atoms with Crippen LogP contribution in [0.3, 0.4) is 0 Å². The quantitative estimate of drug-likeness (QED) is 0.416. The van der Waals surface area contributed by atoms with E-state index in [-0.39, 0.29) is 17.8 Å². The molecule has 0 unspecified atom stereocenters. The minimum absolute atomic E-state index is 0.0270. The molecule has 7 nitrogen and oxygen atoms in total. The number of hydrogen-bond donors (Lipinski definition) is 3. The summed E-state index contributed by atoms with van der Waals surface area (Å²) in [5, 5.41) is 14.2. The monoisotopic (exact) mass is 252 g/mol. The Bertz CT molecular complexity index is 446. The van der Waals surface area contributed by atoms with Gasteiger partial charge in [0, 0.05) is 13.2 Å². The van der Waals surface area contributed by atoms with Gasteiger partial charge in [0.1, 0.15) is 11.4 Å². The molecular formula is C11H16N4O3. The Labute approximate surface area is 104 Å². The maximum absolute atomic E-state index is 11.1. The Morgan fingerprint density at radius 2 is 2.11 bits per heavy atom. The van der Waals surface area contributed by atoms with Crippen molar-refractivity contribution < 1.29 is 9.66 Å². The Morgan fingerprint density at radius 1 is 1.44 bits per heavy atom. The summed E-state index contributed by atoms with van der Waals surface area (Å²) in [6.45, 7) is 0. The Hall–Kier alpha value is -1.86. The molecule has 1 aliphatic rings. The average molecular weight is 252 g/mol. The van der Waals surface area contributed by atoms with Gasteiger partial charge in [-0.1, -0.05) is 6.07 Å². The lowest BCUT2D eigenvalue weighted by Gasteiger charge is -2.35. The number of para-hydroxylation sites is 1. The zero-order valence-electron chi connectivity index (χ0n) is 10.1. The number of nitro groups is 1. The van der Waals surface area contributed by atoms with Crippen molar-refractivity contribution in [3.8, 4) is 0 Å². The maximum atomic E-state index is 11.1. The summed E-state index contributed by atoms with van der Waals surface area (Å²) in [5.74, 6) is 5.28. The van der Waals surface area contributed by atoms with Gasteiger partial charge in [-0.15, -0.1) is 0 Å². The Morgan fingerprint density at radius 3 is 2.67 bits per heavy atom. The molecule has 0 saturated heterocycles. The third kappa shape index (κ3) is 2.36. The number of nitrogens with two attached hydrogens (primary N) is 1. The standard InChI is InChI=1S/C11H16N4O3/c1-18-8-5-7(6-8)13-9-3-2-4-10(14-12)11(9)15(16)17/h2-4,7-8,13-14H,5-6,12H2,1H3. The molecule has 0 radical (unpaired) electrons. The first-order valence-electron chi connectivity index (χ1n) is 5.69. The van der Waals surface area contributed by atoms with Crippen molar-refractivity contribution in [2.75, 3.05) is 17.9 Å². The van der Waals surface area contributed by atoms with Gasteiger partial charge in [0.2, 0.25) is 0 Å². The number of hydrogen-bond acceptors (Lipinski definition) is 6. The van der Waals surface area contributed by atoms with E-state index in [9.17, 15) is 10.1 Å². The van der Waals surface area contributed by atoms with Crippen molar-refractivity contribution >= 4 is 17.1 Å². The van der Waals surface area contributed by atoms with Crippen LogP contribution in [-0.2, 0) is 4.74 Å². The summed E-state index contributed by atoms with van der Waals surface area (Å²) in [6, 6.07) is 5.18. The van der Waals surface area contributed by atoms with Crippen molar-refractivity contribution in [1.82, 2.24) is 0 Å². The minimum Gasteiger partial charge on any atom is -0.381 e. The van der Waals surface area contributed by atoms with Crippen LogP contribution < -0.4 is 16.6 Å². The van der Waals surface area contributed by atoms with Crippen LogP contribution in [0, 0.1) is 10.1 Å². The van der Waals surface area contributed by atoms with E-state index in [4.69, 9.17) is 10.6 Å². The average Bonchev–Trinajstić information content (AvgIpc) is 2.32. The van der Waals surface area contributed by atoms with Crippen LogP contribution in [0.1, 0.15) is 12.8 Å². The topological polar surface area (TPSA) is 102 Å². The molecule has 0 aliphatic heterocycles. The van der Waals surface area contributed by atoms with E-state index in [1.54, 1.807) is 25.3 Å². The van der Waals surface area contributed by atoms with Gasteiger partial charge in [-0.2, -0.15) is 0 Å². The lowest BCUT2D eigenvalue weighted by molar-refractivity contribution is -0.383. The number of methoxy groups -OCH3 is 1. The van der Waals surface area contributed by atoms with Crippen LogP contribution in [0.4, 0.5) is 17.1 Å². The van der Waals surface area contributed by atoms with Gasteiger partial charge in [-0.3, -0.25) is 16.0 Å². The number of anilines is 2. The minimum atomic E-state index is -0.440. The fourth-order valence-corrected chi connectivity index (χ4v) is 2.07. The van der Waals surface area contributed by atoms with Gasteiger partial charge >= 0.3 is 5.69 Å². The second-order valence-electron chi connectivity index (χ2n) is 4.27. The number of nitrogen functional groups attached to an aromatic ring is 1. The van der Waals surface area contributed by atoms with Crippen molar-refractivity contribution in [2.24, 2.45) is 5.84 Å². The number of hydrazine groups is 1. The van der Waals surface area contributed by atoms with Crippen LogP contribution in [0.2, 0.25) is 0 Å². The number of nitrogens with one attached hydrogen (secondary N) is 2. The van der Waals surface area contributed by atoms with E-state index in [1.807, 2.05) is 0 Å². The van der Waals surface area contributed by atoms with E-state index in [2.05, 4.69) is 10.7 Å². The SMILES string of the molecule is COC1CC(Nc2cccc(NN)c2[N+](=O)[O-])C1. The molecular weight excluding hydrogens is 236 g/mol. The first-order valence-corrected chi connectivity index (χ1v) is 5.69. The predicted octanol–water partition coefficient (Wildman–Crippen LogP) is 1.47. The third-order valence-corrected chi connectivity index (χ3v) is 3.16. The lowest BCUT2D eigenvalue weighted by Crippen LogP contribution is -2.40. The number of nitro benzene ring substituents is 1. The highest BCUT2D eigenvalue weighted by atomic mass is 16.6. The number of nitrogens with zero attached hydrogens (tertiary/aromatic N) is 1. The summed E-state index contributed by atoms with van der Waals surface area (Å²) in [4.78, 5) is 10.6. The summed E-state index contributed by atoms with van der Waals surface area (Å²) >= 11 is 0. The van der Waals surface area contributed by atoms with Gasteiger partial charge in [-0.25, -0.2) is 0 Å². The van der Waals surface area contributed by atoms with Crippen LogP contribution in [0.5, 0.6) is 0 Å². The molecule has 0 heterocycles. The molecule has 18 heavy (non-hydrogen) atoms. The van der Waals surface area contributed by atoms with Crippen LogP contribution >= 0.6 is 0 Å². The zero-order valence-corrected chi connectivity index (χ0v) is 10.1. The van der Waals surface area contributed by atoms with Gasteiger partial charge < -0.3 is 15.5 Å². The lowest BCUT2D eigenvalue weighted by atomic mass is 9.89. The van der Waals surface area contributed by atoms with E-state index in [0.717, 1.165) is 12.8 Å². The van der Waals surface area contributed by atoms with E-state index in [1.165, 1.54) is 0 Å². The molecule has 1 fully saturated rings.